The third-order valence-corrected chi connectivity index (χ3v) is 3.36. The zero-order valence-corrected chi connectivity index (χ0v) is 11.4. The average Bonchev–Trinajstić information content (AvgIpc) is 2.38. The zero-order valence-electron chi connectivity index (χ0n) is 11.4. The number of carbonyl (C=O) groups is 1. The zero-order chi connectivity index (χ0) is 14.0. The van der Waals surface area contributed by atoms with Crippen LogP contribution in [0.3, 0.4) is 0 Å². The molecule has 2 rings (SSSR count). The second-order valence-electron chi connectivity index (χ2n) is 4.78. The lowest BCUT2D eigenvalue weighted by atomic mass is 10.1. The summed E-state index contributed by atoms with van der Waals surface area (Å²) in [7, 11) is 0. The van der Waals surface area contributed by atoms with Crippen LogP contribution in [0.5, 0.6) is 0 Å². The van der Waals surface area contributed by atoms with Gasteiger partial charge in [-0.25, -0.2) is 0 Å². The van der Waals surface area contributed by atoms with Crippen molar-refractivity contribution in [3.05, 3.63) is 58.7 Å². The van der Waals surface area contributed by atoms with Gasteiger partial charge in [0.1, 0.15) is 0 Å². The first kappa shape index (κ1) is 13.1. The summed E-state index contributed by atoms with van der Waals surface area (Å²) in [6.07, 6.45) is 0. The first-order chi connectivity index (χ1) is 8.99. The van der Waals surface area contributed by atoms with E-state index in [2.05, 4.69) is 5.32 Å². The van der Waals surface area contributed by atoms with Gasteiger partial charge in [0.25, 0.3) is 5.91 Å². The Kier molecular flexibility index (Phi) is 3.56. The first-order valence-corrected chi connectivity index (χ1v) is 6.22. The molecule has 0 aliphatic heterocycles. The summed E-state index contributed by atoms with van der Waals surface area (Å²) >= 11 is 0. The molecule has 0 aliphatic rings. The largest absolute Gasteiger partial charge is 0.399 e. The molecule has 98 valence electrons. The molecule has 0 aromatic heterocycles. The fraction of sp³-hybridized carbons (Fsp3) is 0.188. The number of nitrogens with one attached hydrogen (secondary N) is 1. The molecule has 3 nitrogen and oxygen atoms in total. The minimum Gasteiger partial charge on any atom is -0.399 e. The Morgan fingerprint density at radius 2 is 1.79 bits per heavy atom. The van der Waals surface area contributed by atoms with Gasteiger partial charge in [0, 0.05) is 16.9 Å². The van der Waals surface area contributed by atoms with E-state index in [9.17, 15) is 4.79 Å². The fourth-order valence-corrected chi connectivity index (χ4v) is 1.96. The second kappa shape index (κ2) is 5.14. The van der Waals surface area contributed by atoms with Crippen molar-refractivity contribution in [3.63, 3.8) is 0 Å². The van der Waals surface area contributed by atoms with E-state index in [4.69, 9.17) is 5.73 Å². The molecule has 0 unspecified atom stereocenters. The lowest BCUT2D eigenvalue weighted by Crippen LogP contribution is -2.14. The highest BCUT2D eigenvalue weighted by Crippen LogP contribution is 2.20. The van der Waals surface area contributed by atoms with E-state index in [0.717, 1.165) is 22.4 Å². The molecular weight excluding hydrogens is 236 g/mol. The molecule has 3 heteroatoms. The Balaban J connectivity index is 2.31. The lowest BCUT2D eigenvalue weighted by Gasteiger charge is -2.12. The van der Waals surface area contributed by atoms with Crippen LogP contribution in [0.4, 0.5) is 11.4 Å². The van der Waals surface area contributed by atoms with Gasteiger partial charge in [-0.15, -0.1) is 0 Å². The number of hydrogen-bond acceptors (Lipinski definition) is 2. The van der Waals surface area contributed by atoms with Gasteiger partial charge >= 0.3 is 0 Å². The van der Waals surface area contributed by atoms with Crippen molar-refractivity contribution in [2.45, 2.75) is 20.8 Å². The summed E-state index contributed by atoms with van der Waals surface area (Å²) in [5, 5.41) is 2.94. The van der Waals surface area contributed by atoms with E-state index in [1.807, 2.05) is 45.0 Å². The van der Waals surface area contributed by atoms with Crippen LogP contribution in [0.25, 0.3) is 0 Å². The smallest absolute Gasteiger partial charge is 0.256 e. The normalized spacial score (nSPS) is 10.3. The van der Waals surface area contributed by atoms with Crippen LogP contribution in [0.15, 0.2) is 36.4 Å². The van der Waals surface area contributed by atoms with Gasteiger partial charge in [-0.05, 0) is 55.7 Å². The Morgan fingerprint density at radius 1 is 1.05 bits per heavy atom. The van der Waals surface area contributed by atoms with Gasteiger partial charge in [-0.1, -0.05) is 18.2 Å². The lowest BCUT2D eigenvalue weighted by molar-refractivity contribution is 0.102. The van der Waals surface area contributed by atoms with E-state index < -0.39 is 0 Å². The highest BCUT2D eigenvalue weighted by molar-refractivity contribution is 6.06. The summed E-state index contributed by atoms with van der Waals surface area (Å²) in [5.41, 5.74) is 10.9. The molecule has 0 saturated heterocycles. The number of amides is 1. The van der Waals surface area contributed by atoms with Crippen LogP contribution in [-0.4, -0.2) is 5.91 Å². The summed E-state index contributed by atoms with van der Waals surface area (Å²) in [4.78, 5) is 12.3. The molecule has 0 saturated carbocycles. The molecule has 0 spiro atoms. The quantitative estimate of drug-likeness (QED) is 0.806. The number of carbonyl (C=O) groups excluding carboxylic acids is 1. The molecule has 0 radical (unpaired) electrons. The molecule has 0 bridgehead atoms. The fourth-order valence-electron chi connectivity index (χ4n) is 1.96. The van der Waals surface area contributed by atoms with Crippen LogP contribution in [0.1, 0.15) is 27.0 Å². The number of benzene rings is 2. The Morgan fingerprint density at radius 3 is 2.53 bits per heavy atom. The summed E-state index contributed by atoms with van der Waals surface area (Å²) in [6.45, 7) is 5.92. The molecule has 2 aromatic rings. The van der Waals surface area contributed by atoms with Gasteiger partial charge in [0.15, 0.2) is 0 Å². The maximum atomic E-state index is 12.3. The number of nitrogen functional groups attached to an aromatic ring is 1. The van der Waals surface area contributed by atoms with Crippen molar-refractivity contribution >= 4 is 17.3 Å². The monoisotopic (exact) mass is 254 g/mol. The highest BCUT2D eigenvalue weighted by Gasteiger charge is 2.11. The third-order valence-electron chi connectivity index (χ3n) is 3.36. The van der Waals surface area contributed by atoms with Crippen LogP contribution in [-0.2, 0) is 0 Å². The van der Waals surface area contributed by atoms with Crippen molar-refractivity contribution < 1.29 is 4.79 Å². The minimum atomic E-state index is -0.126. The van der Waals surface area contributed by atoms with Crippen LogP contribution in [0.2, 0.25) is 0 Å². The molecule has 0 heterocycles. The standard InChI is InChI=1S/C16H18N2O/c1-10-5-4-6-15(12(10)3)18-16(19)14-9-13(17)8-7-11(14)2/h4-9H,17H2,1-3H3,(H,18,19). The third kappa shape index (κ3) is 2.76. The molecule has 0 atom stereocenters. The van der Waals surface area contributed by atoms with Gasteiger partial charge in [-0.2, -0.15) is 0 Å². The minimum absolute atomic E-state index is 0.126. The molecule has 19 heavy (non-hydrogen) atoms. The molecule has 1 amide bonds. The molecule has 2 aromatic carbocycles. The number of rotatable bonds is 2. The average molecular weight is 254 g/mol. The number of hydrogen-bond donors (Lipinski definition) is 2. The van der Waals surface area contributed by atoms with Crippen LogP contribution in [0, 0.1) is 20.8 Å². The number of anilines is 2. The van der Waals surface area contributed by atoms with Crippen LogP contribution < -0.4 is 11.1 Å². The van der Waals surface area contributed by atoms with Crippen molar-refractivity contribution in [3.8, 4) is 0 Å². The predicted octanol–water partition coefficient (Wildman–Crippen LogP) is 3.45. The van der Waals surface area contributed by atoms with E-state index in [1.165, 1.54) is 0 Å². The summed E-state index contributed by atoms with van der Waals surface area (Å²) < 4.78 is 0. The van der Waals surface area contributed by atoms with Gasteiger partial charge in [0.05, 0.1) is 0 Å². The van der Waals surface area contributed by atoms with E-state index in [0.29, 0.717) is 11.3 Å². The van der Waals surface area contributed by atoms with Gasteiger partial charge < -0.3 is 11.1 Å². The molecule has 0 fully saturated rings. The SMILES string of the molecule is Cc1ccc(N)cc1C(=O)Nc1cccc(C)c1C. The van der Waals surface area contributed by atoms with Crippen LogP contribution >= 0.6 is 0 Å². The van der Waals surface area contributed by atoms with E-state index in [1.54, 1.807) is 12.1 Å². The Labute approximate surface area is 113 Å². The van der Waals surface area contributed by atoms with Crippen molar-refractivity contribution in [2.24, 2.45) is 0 Å². The van der Waals surface area contributed by atoms with Crippen molar-refractivity contribution in [1.82, 2.24) is 0 Å². The number of nitrogens with two attached hydrogens (primary N) is 1. The van der Waals surface area contributed by atoms with Gasteiger partial charge in [-0.3, -0.25) is 4.79 Å². The molecule has 0 aliphatic carbocycles. The topological polar surface area (TPSA) is 55.1 Å². The summed E-state index contributed by atoms with van der Waals surface area (Å²) in [5.74, 6) is -0.126. The Hall–Kier alpha value is -2.29. The van der Waals surface area contributed by atoms with E-state index in [-0.39, 0.29) is 5.91 Å². The van der Waals surface area contributed by atoms with Crippen molar-refractivity contribution in [2.75, 3.05) is 11.1 Å². The predicted molar refractivity (Wildman–Crippen MR) is 79.5 cm³/mol. The second-order valence-corrected chi connectivity index (χ2v) is 4.78. The Bertz CT molecular complexity index is 633. The molecular formula is C16H18N2O. The molecule has 3 N–H and O–H groups in total. The maximum absolute atomic E-state index is 12.3. The summed E-state index contributed by atoms with van der Waals surface area (Å²) in [6, 6.07) is 11.2. The van der Waals surface area contributed by atoms with Crippen molar-refractivity contribution in [1.29, 1.82) is 0 Å². The van der Waals surface area contributed by atoms with E-state index >= 15 is 0 Å². The maximum Gasteiger partial charge on any atom is 0.256 e. The first-order valence-electron chi connectivity index (χ1n) is 6.22. The van der Waals surface area contributed by atoms with Gasteiger partial charge in [0.2, 0.25) is 0 Å². The highest BCUT2D eigenvalue weighted by atomic mass is 16.1. The number of aryl methyl sites for hydroxylation is 2.